The van der Waals surface area contributed by atoms with Crippen LogP contribution >= 0.6 is 12.4 Å². The van der Waals surface area contributed by atoms with Crippen molar-refractivity contribution in [2.45, 2.75) is 13.1 Å². The van der Waals surface area contributed by atoms with Crippen LogP contribution in [0.4, 0.5) is 0 Å². The largest absolute Gasteiger partial charge is 1.00 e. The summed E-state index contributed by atoms with van der Waals surface area (Å²) in [5.41, 5.74) is 6.35. The van der Waals surface area contributed by atoms with Crippen molar-refractivity contribution in [3.63, 3.8) is 0 Å². The van der Waals surface area contributed by atoms with Gasteiger partial charge in [-0.3, -0.25) is 9.47 Å². The molecule has 0 fully saturated rings. The second-order valence-corrected chi connectivity index (χ2v) is 7.36. The fourth-order valence-electron chi connectivity index (χ4n) is 3.77. The average molecular weight is 437 g/mol. The lowest BCUT2D eigenvalue weighted by Gasteiger charge is -2.36. The highest BCUT2D eigenvalue weighted by atomic mass is 35.5. The molecule has 1 atom stereocenters. The summed E-state index contributed by atoms with van der Waals surface area (Å²) in [6.45, 7) is 6.75. The zero-order chi connectivity index (χ0) is 19.2. The van der Waals surface area contributed by atoms with Gasteiger partial charge >= 0.3 is 0 Å². The molecule has 4 heteroatoms. The number of nitrogens with zero attached hydrogens (tertiary/aromatic N) is 2. The molecule has 2 heterocycles. The topological polar surface area (TPSA) is 12.9 Å². The molecule has 1 aliphatic heterocycles. The van der Waals surface area contributed by atoms with Gasteiger partial charge in [0, 0.05) is 23.5 Å². The molecule has 0 N–H and O–H groups in total. The molecule has 0 saturated carbocycles. The molecule has 0 aliphatic carbocycles. The highest BCUT2D eigenvalue weighted by Gasteiger charge is 2.27. The van der Waals surface area contributed by atoms with E-state index >= 15 is 0 Å². The number of rotatable bonds is 6. The zero-order valence-electron chi connectivity index (χ0n) is 16.8. The number of pyridine rings is 1. The summed E-state index contributed by atoms with van der Waals surface area (Å²) in [5, 5.41) is 0. The van der Waals surface area contributed by atoms with Gasteiger partial charge in [0.1, 0.15) is 19.6 Å². The van der Waals surface area contributed by atoms with E-state index in [1.807, 2.05) is 18.5 Å². The molecule has 30 heavy (non-hydrogen) atoms. The van der Waals surface area contributed by atoms with Crippen molar-refractivity contribution in [1.29, 1.82) is 0 Å². The molecule has 2 aromatic carbocycles. The summed E-state index contributed by atoms with van der Waals surface area (Å²) in [7, 11) is 0. The highest BCUT2D eigenvalue weighted by molar-refractivity contribution is 5.85. The first-order valence-electron chi connectivity index (χ1n) is 9.67. The summed E-state index contributed by atoms with van der Waals surface area (Å²) in [6, 6.07) is 23.6. The maximum atomic E-state index is 4.13. The third-order valence-electron chi connectivity index (χ3n) is 5.31. The van der Waals surface area contributed by atoms with E-state index in [9.17, 15) is 0 Å². The Kier molecular flexibility index (Phi) is 8.61. The van der Waals surface area contributed by atoms with Crippen LogP contribution in [0.2, 0.25) is 0 Å². The van der Waals surface area contributed by atoms with Gasteiger partial charge in [-0.2, -0.15) is 0 Å². The van der Waals surface area contributed by atoms with Crippen LogP contribution in [0.25, 0.3) is 11.6 Å². The second-order valence-electron chi connectivity index (χ2n) is 7.36. The smallest absolute Gasteiger partial charge is 0.109 e. The van der Waals surface area contributed by atoms with Crippen molar-refractivity contribution in [3.05, 3.63) is 126 Å². The maximum Gasteiger partial charge on any atom is 0.109 e. The first kappa shape index (κ1) is 23.6. The Morgan fingerprint density at radius 2 is 1.50 bits per heavy atom. The number of benzene rings is 2. The summed E-state index contributed by atoms with van der Waals surface area (Å²) in [6.07, 6.45) is 12.6. The number of hydrogen-bond donors (Lipinski definition) is 0. The molecular formula is C26H26Cl2N2. The van der Waals surface area contributed by atoms with Crippen molar-refractivity contribution in [1.82, 2.24) is 4.98 Å². The number of allylic oxidation sites excluding steroid dienone is 2. The molecule has 4 rings (SSSR count). The fraction of sp³-hybridized carbons (Fsp3) is 0.115. The van der Waals surface area contributed by atoms with Gasteiger partial charge in [-0.1, -0.05) is 67.3 Å². The standard InChI is InChI=1S/C26H25N2.2ClH/c1-2-22-8-10-24(11-9-22)21-28(20-23-6-4-3-5-7-23)18-14-26(15-19-28)25-12-16-27-17-13-25;;/h2-18H,1,19-21H2;2*1H/q+1;;/p-1. The minimum Gasteiger partial charge on any atom is -1.00 e. The molecular weight excluding hydrogens is 411 g/mol. The predicted molar refractivity (Wildman–Crippen MR) is 124 cm³/mol. The van der Waals surface area contributed by atoms with Gasteiger partial charge in [0.15, 0.2) is 0 Å². The lowest BCUT2D eigenvalue weighted by Crippen LogP contribution is -3.00. The van der Waals surface area contributed by atoms with Crippen LogP contribution in [0.3, 0.4) is 0 Å². The third-order valence-corrected chi connectivity index (χ3v) is 5.31. The Morgan fingerprint density at radius 1 is 0.867 bits per heavy atom. The first-order chi connectivity index (χ1) is 13.8. The molecule has 0 radical (unpaired) electrons. The molecule has 0 spiro atoms. The lowest BCUT2D eigenvalue weighted by atomic mass is 10.0. The third kappa shape index (κ3) is 5.70. The minimum atomic E-state index is 0. The predicted octanol–water partition coefficient (Wildman–Crippen LogP) is 3.28. The van der Waals surface area contributed by atoms with Gasteiger partial charge in [0.25, 0.3) is 0 Å². The van der Waals surface area contributed by atoms with E-state index in [0.29, 0.717) is 0 Å². The van der Waals surface area contributed by atoms with Crippen LogP contribution in [0, 0.1) is 0 Å². The van der Waals surface area contributed by atoms with Gasteiger partial charge in [-0.15, -0.1) is 12.4 Å². The van der Waals surface area contributed by atoms with Crippen LogP contribution in [0.1, 0.15) is 22.3 Å². The van der Waals surface area contributed by atoms with E-state index in [0.717, 1.165) is 29.7 Å². The van der Waals surface area contributed by atoms with Gasteiger partial charge in [-0.25, -0.2) is 0 Å². The molecule has 0 bridgehead atoms. The minimum absolute atomic E-state index is 0. The van der Waals surface area contributed by atoms with E-state index < -0.39 is 0 Å². The Labute approximate surface area is 191 Å². The Bertz CT molecular complexity index is 996. The van der Waals surface area contributed by atoms with E-state index in [2.05, 4.69) is 96.6 Å². The monoisotopic (exact) mass is 436 g/mol. The summed E-state index contributed by atoms with van der Waals surface area (Å²) < 4.78 is 0.881. The molecule has 1 aliphatic rings. The molecule has 1 aromatic heterocycles. The average Bonchev–Trinajstić information content (AvgIpc) is 2.76. The van der Waals surface area contributed by atoms with Crippen molar-refractivity contribution in [2.75, 3.05) is 6.54 Å². The zero-order valence-corrected chi connectivity index (χ0v) is 18.4. The molecule has 0 amide bonds. The van der Waals surface area contributed by atoms with E-state index in [1.165, 1.54) is 22.3 Å². The van der Waals surface area contributed by atoms with Gasteiger partial charge in [-0.05, 0) is 41.0 Å². The Hall–Kier alpha value is -2.65. The van der Waals surface area contributed by atoms with Crippen molar-refractivity contribution in [3.8, 4) is 0 Å². The molecule has 3 aromatic rings. The first-order valence-corrected chi connectivity index (χ1v) is 9.67. The molecule has 0 saturated heterocycles. The van der Waals surface area contributed by atoms with Crippen LogP contribution in [-0.2, 0) is 13.1 Å². The molecule has 154 valence electrons. The van der Waals surface area contributed by atoms with Gasteiger partial charge in [0.2, 0.25) is 0 Å². The van der Waals surface area contributed by atoms with Crippen molar-refractivity contribution >= 4 is 24.1 Å². The molecule has 1 unspecified atom stereocenters. The van der Waals surface area contributed by atoms with Crippen LogP contribution in [0.15, 0.2) is 104 Å². The molecule has 2 nitrogen and oxygen atoms in total. The van der Waals surface area contributed by atoms with E-state index in [-0.39, 0.29) is 24.8 Å². The van der Waals surface area contributed by atoms with Crippen molar-refractivity contribution in [2.24, 2.45) is 0 Å². The SMILES string of the molecule is C=Cc1ccc(C[N+]2(Cc3ccccc3)C=CC(c3ccncc3)=CC2)cc1.Cl.[Cl-]. The summed E-state index contributed by atoms with van der Waals surface area (Å²) >= 11 is 0. The number of halogens is 2. The van der Waals surface area contributed by atoms with Gasteiger partial charge < -0.3 is 12.4 Å². The van der Waals surface area contributed by atoms with Crippen LogP contribution < -0.4 is 12.4 Å². The highest BCUT2D eigenvalue weighted by Crippen LogP contribution is 2.28. The van der Waals surface area contributed by atoms with Crippen LogP contribution in [-0.4, -0.2) is 16.0 Å². The van der Waals surface area contributed by atoms with Crippen molar-refractivity contribution < 1.29 is 16.9 Å². The number of aromatic nitrogens is 1. The normalized spacial score (nSPS) is 17.3. The maximum absolute atomic E-state index is 4.13. The van der Waals surface area contributed by atoms with Crippen LogP contribution in [0.5, 0.6) is 0 Å². The lowest BCUT2D eigenvalue weighted by molar-refractivity contribution is -0.901. The summed E-state index contributed by atoms with van der Waals surface area (Å²) in [4.78, 5) is 4.13. The van der Waals surface area contributed by atoms with Gasteiger partial charge in [0.05, 0.1) is 6.20 Å². The fourth-order valence-corrected chi connectivity index (χ4v) is 3.77. The Balaban J connectivity index is 0.00000160. The van der Waals surface area contributed by atoms with E-state index in [1.54, 1.807) is 0 Å². The number of quaternary nitrogens is 1. The number of hydrogen-bond acceptors (Lipinski definition) is 1. The van der Waals surface area contributed by atoms with E-state index in [4.69, 9.17) is 0 Å². The summed E-state index contributed by atoms with van der Waals surface area (Å²) in [5.74, 6) is 0. The Morgan fingerprint density at radius 3 is 2.07 bits per heavy atom. The second kappa shape index (κ2) is 10.9. The quantitative estimate of drug-likeness (QED) is 0.540.